The smallest absolute Gasteiger partial charge is 0.387 e. The fourth-order valence-electron chi connectivity index (χ4n) is 1.95. The molecule has 3 N–H and O–H groups in total. The second-order valence-electron chi connectivity index (χ2n) is 5.73. The van der Waals surface area contributed by atoms with Crippen LogP contribution in [0.5, 0.6) is 5.75 Å². The van der Waals surface area contributed by atoms with Crippen molar-refractivity contribution in [3.63, 3.8) is 0 Å². The van der Waals surface area contributed by atoms with Gasteiger partial charge < -0.3 is 20.5 Å². The van der Waals surface area contributed by atoms with E-state index in [9.17, 15) is 18.7 Å². The number of aliphatic hydroxyl groups is 1. The molecule has 0 aliphatic carbocycles. The van der Waals surface area contributed by atoms with Gasteiger partial charge >= 0.3 is 12.6 Å². The van der Waals surface area contributed by atoms with Gasteiger partial charge in [0.15, 0.2) is 0 Å². The van der Waals surface area contributed by atoms with Crippen LogP contribution < -0.4 is 15.4 Å². The standard InChI is InChI=1S/C16H24F2N2O3/c1-4-11(2)16(3,22)10-20-15(21)19-9-12-6-5-7-13(8-12)23-14(17)18/h5-8,11,14,22H,4,9-10H2,1-3H3,(H2,19,20,21). The van der Waals surface area contributed by atoms with Crippen molar-refractivity contribution in [1.29, 1.82) is 0 Å². The normalized spacial score (nSPS) is 14.9. The van der Waals surface area contributed by atoms with E-state index in [1.54, 1.807) is 19.1 Å². The minimum atomic E-state index is -2.88. The third-order valence-electron chi connectivity index (χ3n) is 3.86. The summed E-state index contributed by atoms with van der Waals surface area (Å²) in [6.45, 7) is 2.96. The number of urea groups is 1. The lowest BCUT2D eigenvalue weighted by atomic mass is 9.89. The molecule has 7 heteroatoms. The van der Waals surface area contributed by atoms with Gasteiger partial charge in [0.05, 0.1) is 5.60 Å². The Kier molecular flexibility index (Phi) is 7.22. The minimum Gasteiger partial charge on any atom is -0.435 e. The van der Waals surface area contributed by atoms with Crippen LogP contribution in [0.25, 0.3) is 0 Å². The van der Waals surface area contributed by atoms with Gasteiger partial charge in [-0.2, -0.15) is 8.78 Å². The summed E-state index contributed by atoms with van der Waals surface area (Å²) < 4.78 is 28.6. The van der Waals surface area contributed by atoms with Crippen LogP contribution in [0, 0.1) is 5.92 Å². The highest BCUT2D eigenvalue weighted by Crippen LogP contribution is 2.19. The van der Waals surface area contributed by atoms with E-state index in [4.69, 9.17) is 0 Å². The van der Waals surface area contributed by atoms with E-state index < -0.39 is 18.2 Å². The fourth-order valence-corrected chi connectivity index (χ4v) is 1.95. The third-order valence-corrected chi connectivity index (χ3v) is 3.86. The number of halogens is 2. The van der Waals surface area contributed by atoms with Crippen molar-refractivity contribution in [1.82, 2.24) is 10.6 Å². The molecule has 0 fully saturated rings. The molecule has 2 atom stereocenters. The zero-order valence-corrected chi connectivity index (χ0v) is 13.6. The van der Waals surface area contributed by atoms with Crippen molar-refractivity contribution < 1.29 is 23.4 Å². The van der Waals surface area contributed by atoms with Gasteiger partial charge in [0.1, 0.15) is 5.75 Å². The zero-order chi connectivity index (χ0) is 17.5. The molecule has 130 valence electrons. The van der Waals surface area contributed by atoms with Gasteiger partial charge in [0.2, 0.25) is 0 Å². The number of ether oxygens (including phenoxy) is 1. The number of benzene rings is 1. The summed E-state index contributed by atoms with van der Waals surface area (Å²) in [7, 11) is 0. The number of hydrogen-bond acceptors (Lipinski definition) is 3. The Bertz CT molecular complexity index is 510. The van der Waals surface area contributed by atoms with Crippen molar-refractivity contribution in [2.24, 2.45) is 5.92 Å². The largest absolute Gasteiger partial charge is 0.435 e. The first-order valence-electron chi connectivity index (χ1n) is 7.52. The Hall–Kier alpha value is -1.89. The van der Waals surface area contributed by atoms with E-state index in [2.05, 4.69) is 15.4 Å². The molecule has 0 saturated carbocycles. The molecular formula is C16H24F2N2O3. The monoisotopic (exact) mass is 330 g/mol. The number of nitrogens with one attached hydrogen (secondary N) is 2. The van der Waals surface area contributed by atoms with Crippen molar-refractivity contribution in [3.8, 4) is 5.75 Å². The number of carbonyl (C=O) groups excluding carboxylic acids is 1. The molecule has 5 nitrogen and oxygen atoms in total. The molecule has 0 bridgehead atoms. The molecule has 2 amide bonds. The van der Waals surface area contributed by atoms with E-state index >= 15 is 0 Å². The molecule has 0 spiro atoms. The highest BCUT2D eigenvalue weighted by Gasteiger charge is 2.27. The van der Waals surface area contributed by atoms with Crippen LogP contribution in [0.15, 0.2) is 24.3 Å². The molecular weight excluding hydrogens is 306 g/mol. The Morgan fingerprint density at radius 3 is 2.70 bits per heavy atom. The van der Waals surface area contributed by atoms with Crippen LogP contribution >= 0.6 is 0 Å². The predicted molar refractivity (Wildman–Crippen MR) is 83.4 cm³/mol. The Labute approximate surface area is 135 Å². The van der Waals surface area contributed by atoms with Crippen LogP contribution in [-0.4, -0.2) is 29.9 Å². The SMILES string of the molecule is CCC(C)C(C)(O)CNC(=O)NCc1cccc(OC(F)F)c1. The molecule has 0 saturated heterocycles. The van der Waals surface area contributed by atoms with Gasteiger partial charge in [-0.3, -0.25) is 0 Å². The Balaban J connectivity index is 2.44. The molecule has 1 rings (SSSR count). The lowest BCUT2D eigenvalue weighted by Gasteiger charge is -2.29. The van der Waals surface area contributed by atoms with Gasteiger partial charge in [0, 0.05) is 13.1 Å². The van der Waals surface area contributed by atoms with Gasteiger partial charge in [-0.25, -0.2) is 4.79 Å². The van der Waals surface area contributed by atoms with Crippen LogP contribution in [0.3, 0.4) is 0 Å². The van der Waals surface area contributed by atoms with E-state index in [1.807, 2.05) is 13.8 Å². The number of amides is 2. The molecule has 1 aromatic rings. The average molecular weight is 330 g/mol. The predicted octanol–water partition coefficient (Wildman–Crippen LogP) is 2.88. The first-order valence-corrected chi connectivity index (χ1v) is 7.52. The summed E-state index contributed by atoms with van der Waals surface area (Å²) in [6.07, 6.45) is 0.799. The summed E-state index contributed by atoms with van der Waals surface area (Å²) in [5, 5.41) is 15.4. The van der Waals surface area contributed by atoms with E-state index in [0.717, 1.165) is 6.42 Å². The molecule has 0 heterocycles. The summed E-state index contributed by atoms with van der Waals surface area (Å²) in [5.41, 5.74) is -0.358. The van der Waals surface area contributed by atoms with Crippen molar-refractivity contribution >= 4 is 6.03 Å². The summed E-state index contributed by atoms with van der Waals surface area (Å²) in [6, 6.07) is 5.67. The fraction of sp³-hybridized carbons (Fsp3) is 0.562. The molecule has 0 radical (unpaired) electrons. The number of carbonyl (C=O) groups is 1. The zero-order valence-electron chi connectivity index (χ0n) is 13.6. The van der Waals surface area contributed by atoms with Gasteiger partial charge in [-0.05, 0) is 30.5 Å². The Morgan fingerprint density at radius 1 is 1.39 bits per heavy atom. The second kappa shape index (κ2) is 8.67. The van der Waals surface area contributed by atoms with Gasteiger partial charge in [0.25, 0.3) is 0 Å². The summed E-state index contributed by atoms with van der Waals surface area (Å²) in [5.74, 6) is 0.0883. The maximum Gasteiger partial charge on any atom is 0.387 e. The maximum absolute atomic E-state index is 12.1. The first-order chi connectivity index (χ1) is 10.7. The van der Waals surface area contributed by atoms with Crippen molar-refractivity contribution in [2.75, 3.05) is 6.54 Å². The summed E-state index contributed by atoms with van der Waals surface area (Å²) >= 11 is 0. The van der Waals surface area contributed by atoms with Crippen LogP contribution in [0.4, 0.5) is 13.6 Å². The summed E-state index contributed by atoms with van der Waals surface area (Å²) in [4.78, 5) is 11.8. The third kappa shape index (κ3) is 6.81. The lowest BCUT2D eigenvalue weighted by Crippen LogP contribution is -2.47. The number of rotatable bonds is 8. The molecule has 2 unspecified atom stereocenters. The average Bonchev–Trinajstić information content (AvgIpc) is 2.49. The number of hydrogen-bond donors (Lipinski definition) is 3. The highest BCUT2D eigenvalue weighted by molar-refractivity contribution is 5.73. The van der Waals surface area contributed by atoms with Gasteiger partial charge in [-0.1, -0.05) is 32.4 Å². The van der Waals surface area contributed by atoms with E-state index in [-0.39, 0.29) is 24.8 Å². The van der Waals surface area contributed by atoms with E-state index in [1.165, 1.54) is 12.1 Å². The lowest BCUT2D eigenvalue weighted by molar-refractivity contribution is -0.0498. The van der Waals surface area contributed by atoms with E-state index in [0.29, 0.717) is 5.56 Å². The molecule has 0 aliphatic rings. The van der Waals surface area contributed by atoms with Crippen LogP contribution in [0.1, 0.15) is 32.8 Å². The topological polar surface area (TPSA) is 70.6 Å². The molecule has 0 aliphatic heterocycles. The first kappa shape index (κ1) is 19.2. The van der Waals surface area contributed by atoms with Crippen LogP contribution in [0.2, 0.25) is 0 Å². The molecule has 23 heavy (non-hydrogen) atoms. The van der Waals surface area contributed by atoms with Crippen LogP contribution in [-0.2, 0) is 6.54 Å². The van der Waals surface area contributed by atoms with Crippen molar-refractivity contribution in [3.05, 3.63) is 29.8 Å². The van der Waals surface area contributed by atoms with Gasteiger partial charge in [-0.15, -0.1) is 0 Å². The minimum absolute atomic E-state index is 0.0411. The maximum atomic E-state index is 12.1. The quantitative estimate of drug-likeness (QED) is 0.686. The Morgan fingerprint density at radius 2 is 2.09 bits per heavy atom. The highest BCUT2D eigenvalue weighted by atomic mass is 19.3. The van der Waals surface area contributed by atoms with Crippen molar-refractivity contribution in [2.45, 2.75) is 45.9 Å². The molecule has 0 aromatic heterocycles. The molecule has 1 aromatic carbocycles. The number of alkyl halides is 2. The second-order valence-corrected chi connectivity index (χ2v) is 5.73.